The second-order valence-corrected chi connectivity index (χ2v) is 6.01. The highest BCUT2D eigenvalue weighted by molar-refractivity contribution is 6.08. The van der Waals surface area contributed by atoms with Crippen LogP contribution >= 0.6 is 0 Å². The highest BCUT2D eigenvalue weighted by atomic mass is 16.2. The number of primary amides is 1. The van der Waals surface area contributed by atoms with E-state index in [1.807, 2.05) is 41.0 Å². The van der Waals surface area contributed by atoms with Gasteiger partial charge in [-0.1, -0.05) is 24.3 Å². The van der Waals surface area contributed by atoms with Crippen molar-refractivity contribution in [3.63, 3.8) is 0 Å². The van der Waals surface area contributed by atoms with Crippen LogP contribution in [0.2, 0.25) is 0 Å². The minimum Gasteiger partial charge on any atom is -0.366 e. The number of para-hydroxylation sites is 3. The molecule has 0 aliphatic heterocycles. The lowest BCUT2D eigenvalue weighted by Crippen LogP contribution is -2.18. The summed E-state index contributed by atoms with van der Waals surface area (Å²) < 4.78 is 1.96. The third kappa shape index (κ3) is 3.16. The largest absolute Gasteiger partial charge is 0.366 e. The first-order chi connectivity index (χ1) is 13.1. The Hall–Kier alpha value is -3.93. The van der Waals surface area contributed by atoms with E-state index in [1.54, 1.807) is 42.7 Å². The molecule has 1 aromatic heterocycles. The van der Waals surface area contributed by atoms with Gasteiger partial charge in [0.15, 0.2) is 0 Å². The highest BCUT2D eigenvalue weighted by Gasteiger charge is 2.12. The first-order valence-electron chi connectivity index (χ1n) is 8.36. The molecule has 0 atom stereocenters. The molecular weight excluding hydrogens is 340 g/mol. The number of amides is 2. The number of carbonyl (C=O) groups is 2. The van der Waals surface area contributed by atoms with Crippen LogP contribution in [-0.2, 0) is 0 Å². The third-order valence-corrected chi connectivity index (χ3v) is 4.30. The number of anilines is 1. The number of benzene rings is 3. The molecule has 4 aromatic rings. The van der Waals surface area contributed by atoms with Crippen molar-refractivity contribution in [1.29, 1.82) is 0 Å². The van der Waals surface area contributed by atoms with Crippen LogP contribution in [0.5, 0.6) is 0 Å². The maximum atomic E-state index is 12.5. The Labute approximate surface area is 155 Å². The van der Waals surface area contributed by atoms with E-state index in [4.69, 9.17) is 5.73 Å². The summed E-state index contributed by atoms with van der Waals surface area (Å²) in [5.74, 6) is -0.904. The van der Waals surface area contributed by atoms with Crippen molar-refractivity contribution >= 4 is 28.5 Å². The molecule has 3 aromatic carbocycles. The predicted octanol–water partition coefficient (Wildman–Crippen LogP) is 3.38. The Balaban J connectivity index is 1.59. The molecule has 0 radical (unpaired) electrons. The monoisotopic (exact) mass is 356 g/mol. The van der Waals surface area contributed by atoms with Gasteiger partial charge < -0.3 is 11.1 Å². The summed E-state index contributed by atoms with van der Waals surface area (Å²) in [7, 11) is 0. The smallest absolute Gasteiger partial charge is 0.255 e. The number of carbonyl (C=O) groups excluding carboxylic acids is 2. The number of aromatic nitrogens is 2. The molecular formula is C21H16N4O2. The standard InChI is InChI=1S/C21H16N4O2/c22-20(26)16-5-1-2-6-17(16)24-21(27)14-9-11-15(12-10-14)25-13-23-18-7-3-4-8-19(18)25/h1-13H,(H2,22,26)(H,24,27). The lowest BCUT2D eigenvalue weighted by atomic mass is 10.1. The fraction of sp³-hybridized carbons (Fsp3) is 0. The molecule has 0 unspecified atom stereocenters. The summed E-state index contributed by atoms with van der Waals surface area (Å²) >= 11 is 0. The van der Waals surface area contributed by atoms with E-state index in [1.165, 1.54) is 0 Å². The molecule has 0 bridgehead atoms. The Bertz CT molecular complexity index is 1150. The van der Waals surface area contributed by atoms with Gasteiger partial charge in [-0.25, -0.2) is 4.98 Å². The molecule has 6 heteroatoms. The molecule has 2 amide bonds. The fourth-order valence-corrected chi connectivity index (χ4v) is 2.94. The number of rotatable bonds is 4. The third-order valence-electron chi connectivity index (χ3n) is 4.30. The lowest BCUT2D eigenvalue weighted by molar-refractivity contribution is 0.100. The van der Waals surface area contributed by atoms with Crippen LogP contribution in [-0.4, -0.2) is 21.4 Å². The van der Waals surface area contributed by atoms with Crippen LogP contribution < -0.4 is 11.1 Å². The van der Waals surface area contributed by atoms with E-state index in [-0.39, 0.29) is 11.5 Å². The summed E-state index contributed by atoms with van der Waals surface area (Å²) in [4.78, 5) is 28.4. The Morgan fingerprint density at radius 1 is 0.889 bits per heavy atom. The topological polar surface area (TPSA) is 90.0 Å². The molecule has 0 spiro atoms. The summed E-state index contributed by atoms with van der Waals surface area (Å²) in [5.41, 5.74) is 9.28. The quantitative estimate of drug-likeness (QED) is 0.587. The number of nitrogens with two attached hydrogens (primary N) is 1. The van der Waals surface area contributed by atoms with Crippen LogP contribution in [0.3, 0.4) is 0 Å². The van der Waals surface area contributed by atoms with Gasteiger partial charge in [0.25, 0.3) is 11.8 Å². The van der Waals surface area contributed by atoms with Crippen LogP contribution in [0.4, 0.5) is 5.69 Å². The molecule has 0 saturated carbocycles. The van der Waals surface area contributed by atoms with Gasteiger partial charge in [-0.15, -0.1) is 0 Å². The lowest BCUT2D eigenvalue weighted by Gasteiger charge is -2.10. The molecule has 0 saturated heterocycles. The number of fused-ring (bicyclic) bond motifs is 1. The van der Waals surface area contributed by atoms with E-state index >= 15 is 0 Å². The summed E-state index contributed by atoms with van der Waals surface area (Å²) in [5, 5.41) is 2.73. The van der Waals surface area contributed by atoms with Crippen molar-refractivity contribution in [1.82, 2.24) is 9.55 Å². The van der Waals surface area contributed by atoms with Crippen LogP contribution in [0.1, 0.15) is 20.7 Å². The zero-order valence-electron chi connectivity index (χ0n) is 14.3. The molecule has 1 heterocycles. The Morgan fingerprint density at radius 2 is 1.59 bits per heavy atom. The molecule has 6 nitrogen and oxygen atoms in total. The van der Waals surface area contributed by atoms with E-state index in [0.717, 1.165) is 16.7 Å². The van der Waals surface area contributed by atoms with Crippen LogP contribution in [0.25, 0.3) is 16.7 Å². The molecule has 132 valence electrons. The fourth-order valence-electron chi connectivity index (χ4n) is 2.94. The van der Waals surface area contributed by atoms with Gasteiger partial charge in [0.2, 0.25) is 0 Å². The van der Waals surface area contributed by atoms with Gasteiger partial charge >= 0.3 is 0 Å². The SMILES string of the molecule is NC(=O)c1ccccc1NC(=O)c1ccc(-n2cnc3ccccc32)cc1. The van der Waals surface area contributed by atoms with Crippen molar-refractivity contribution in [3.05, 3.63) is 90.3 Å². The van der Waals surface area contributed by atoms with Crippen LogP contribution in [0.15, 0.2) is 79.1 Å². The van der Waals surface area contributed by atoms with Gasteiger partial charge in [-0.05, 0) is 48.5 Å². The van der Waals surface area contributed by atoms with Crippen molar-refractivity contribution in [2.24, 2.45) is 5.73 Å². The first kappa shape index (κ1) is 16.5. The highest BCUT2D eigenvalue weighted by Crippen LogP contribution is 2.19. The first-order valence-corrected chi connectivity index (χ1v) is 8.36. The summed E-state index contributed by atoms with van der Waals surface area (Å²) in [6.07, 6.45) is 1.75. The van der Waals surface area contributed by atoms with Gasteiger partial charge in [0.05, 0.1) is 22.3 Å². The Kier molecular flexibility index (Phi) is 4.14. The number of imidazole rings is 1. The Morgan fingerprint density at radius 3 is 2.37 bits per heavy atom. The van der Waals surface area contributed by atoms with E-state index < -0.39 is 5.91 Å². The average molecular weight is 356 g/mol. The average Bonchev–Trinajstić information content (AvgIpc) is 3.12. The maximum absolute atomic E-state index is 12.5. The van der Waals surface area contributed by atoms with E-state index in [2.05, 4.69) is 10.3 Å². The van der Waals surface area contributed by atoms with Crippen LogP contribution in [0, 0.1) is 0 Å². The van der Waals surface area contributed by atoms with Crippen molar-refractivity contribution in [3.8, 4) is 5.69 Å². The number of hydrogen-bond acceptors (Lipinski definition) is 3. The minimum absolute atomic E-state index is 0.271. The van der Waals surface area contributed by atoms with Crippen molar-refractivity contribution < 1.29 is 9.59 Å². The zero-order valence-corrected chi connectivity index (χ0v) is 14.3. The second kappa shape index (κ2) is 6.76. The maximum Gasteiger partial charge on any atom is 0.255 e. The molecule has 0 aliphatic carbocycles. The normalized spacial score (nSPS) is 10.7. The summed E-state index contributed by atoms with van der Waals surface area (Å²) in [6.45, 7) is 0. The number of nitrogens with one attached hydrogen (secondary N) is 1. The zero-order chi connectivity index (χ0) is 18.8. The molecule has 0 fully saturated rings. The molecule has 4 rings (SSSR count). The second-order valence-electron chi connectivity index (χ2n) is 6.01. The van der Waals surface area contributed by atoms with Gasteiger partial charge in [-0.2, -0.15) is 0 Å². The molecule has 27 heavy (non-hydrogen) atoms. The van der Waals surface area contributed by atoms with Gasteiger partial charge in [-0.3, -0.25) is 14.2 Å². The predicted molar refractivity (Wildman–Crippen MR) is 104 cm³/mol. The molecule has 3 N–H and O–H groups in total. The number of hydrogen-bond donors (Lipinski definition) is 2. The van der Waals surface area contributed by atoms with Crippen molar-refractivity contribution in [2.75, 3.05) is 5.32 Å². The van der Waals surface area contributed by atoms with Gasteiger partial charge in [0.1, 0.15) is 6.33 Å². The minimum atomic E-state index is -0.590. The number of nitrogens with zero attached hydrogens (tertiary/aromatic N) is 2. The molecule has 0 aliphatic rings. The van der Waals surface area contributed by atoms with E-state index in [9.17, 15) is 9.59 Å². The summed E-state index contributed by atoms with van der Waals surface area (Å²) in [6, 6.07) is 21.6. The van der Waals surface area contributed by atoms with Crippen molar-refractivity contribution in [2.45, 2.75) is 0 Å². The van der Waals surface area contributed by atoms with Gasteiger partial charge in [0, 0.05) is 11.3 Å². The van der Waals surface area contributed by atoms with E-state index in [0.29, 0.717) is 11.3 Å².